The van der Waals surface area contributed by atoms with Gasteiger partial charge in [-0.3, -0.25) is 14.9 Å². The first kappa shape index (κ1) is 21.5. The maximum Gasteiger partial charge on any atom is 0.292 e. The molecule has 10 heteroatoms. The number of benzene rings is 2. The van der Waals surface area contributed by atoms with E-state index in [0.717, 1.165) is 12.1 Å². The third kappa shape index (κ3) is 4.37. The van der Waals surface area contributed by atoms with Crippen LogP contribution >= 0.6 is 12.4 Å². The molecule has 4 N–H and O–H groups in total. The molecule has 1 heterocycles. The minimum Gasteiger partial charge on any atom is -0.393 e. The second kappa shape index (κ2) is 8.94. The van der Waals surface area contributed by atoms with Gasteiger partial charge in [0.15, 0.2) is 11.6 Å². The molecule has 0 aromatic heterocycles. The lowest BCUT2D eigenvalue weighted by Gasteiger charge is -2.33. The van der Waals surface area contributed by atoms with Crippen LogP contribution in [0.2, 0.25) is 0 Å². The van der Waals surface area contributed by atoms with Crippen LogP contribution in [-0.4, -0.2) is 30.0 Å². The first-order chi connectivity index (χ1) is 12.9. The monoisotopic (exact) mass is 412 g/mol. The molecule has 0 radical (unpaired) electrons. The van der Waals surface area contributed by atoms with Crippen LogP contribution in [0.25, 0.3) is 0 Å². The van der Waals surface area contributed by atoms with E-state index >= 15 is 0 Å². The Hall–Kier alpha value is -2.78. The Morgan fingerprint density at radius 2 is 2.00 bits per heavy atom. The molecule has 2 unspecified atom stereocenters. The second-order valence-electron chi connectivity index (χ2n) is 6.35. The van der Waals surface area contributed by atoms with Gasteiger partial charge in [-0.2, -0.15) is 0 Å². The zero-order valence-corrected chi connectivity index (χ0v) is 15.5. The summed E-state index contributed by atoms with van der Waals surface area (Å²) in [5, 5.41) is 16.9. The summed E-state index contributed by atoms with van der Waals surface area (Å²) in [5.74, 6) is -2.67. The minimum atomic E-state index is -0.945. The molecule has 1 aliphatic heterocycles. The Morgan fingerprint density at radius 3 is 2.68 bits per heavy atom. The topological polar surface area (TPSA) is 110 Å². The number of anilines is 1. The molecular weight excluding hydrogens is 394 g/mol. The first-order valence-corrected chi connectivity index (χ1v) is 8.38. The van der Waals surface area contributed by atoms with Crippen LogP contribution in [0.15, 0.2) is 36.4 Å². The van der Waals surface area contributed by atoms with Crippen LogP contribution in [-0.2, 0) is 0 Å². The van der Waals surface area contributed by atoms with Gasteiger partial charge in [0, 0.05) is 24.6 Å². The van der Waals surface area contributed by atoms with Crippen molar-refractivity contribution in [2.45, 2.75) is 18.4 Å². The Balaban J connectivity index is 0.00000280. The maximum absolute atomic E-state index is 13.6. The van der Waals surface area contributed by atoms with Gasteiger partial charge in [-0.1, -0.05) is 12.1 Å². The molecule has 150 valence electrons. The number of carbonyl (C=O) groups excluding carboxylic acids is 1. The predicted molar refractivity (Wildman–Crippen MR) is 103 cm³/mol. The number of hydrogen-bond acceptors (Lipinski definition) is 5. The molecule has 1 fully saturated rings. The maximum atomic E-state index is 13.6. The van der Waals surface area contributed by atoms with Crippen LogP contribution in [0, 0.1) is 21.7 Å². The number of nitrogens with zero attached hydrogens (tertiary/aromatic N) is 1. The number of nitrogens with one attached hydrogen (secondary N) is 2. The highest BCUT2D eigenvalue weighted by molar-refractivity contribution is 6.01. The first-order valence-electron chi connectivity index (χ1n) is 8.38. The van der Waals surface area contributed by atoms with Crippen LogP contribution < -0.4 is 16.4 Å². The van der Waals surface area contributed by atoms with Gasteiger partial charge in [-0.15, -0.1) is 12.4 Å². The van der Waals surface area contributed by atoms with Crippen molar-refractivity contribution in [3.8, 4) is 0 Å². The highest BCUT2D eigenvalue weighted by Crippen LogP contribution is 2.29. The zero-order chi connectivity index (χ0) is 19.6. The summed E-state index contributed by atoms with van der Waals surface area (Å²) in [4.78, 5) is 23.0. The molecule has 1 aliphatic rings. The van der Waals surface area contributed by atoms with Gasteiger partial charge in [-0.25, -0.2) is 8.78 Å². The molecule has 1 amide bonds. The number of para-hydroxylation sites is 1. The van der Waals surface area contributed by atoms with Gasteiger partial charge in [0.1, 0.15) is 5.69 Å². The van der Waals surface area contributed by atoms with E-state index in [0.29, 0.717) is 25.1 Å². The molecule has 0 bridgehead atoms. The Bertz CT molecular complexity index is 897. The molecule has 2 aromatic carbocycles. The summed E-state index contributed by atoms with van der Waals surface area (Å²) >= 11 is 0. The Morgan fingerprint density at radius 1 is 1.25 bits per heavy atom. The fourth-order valence-corrected chi connectivity index (χ4v) is 3.31. The number of carbonyl (C=O) groups is 1. The normalized spacial score (nSPS) is 18.8. The van der Waals surface area contributed by atoms with Crippen LogP contribution in [0.3, 0.4) is 0 Å². The summed E-state index contributed by atoms with van der Waals surface area (Å²) in [5.41, 5.74) is 5.78. The van der Waals surface area contributed by atoms with E-state index in [-0.39, 0.29) is 35.3 Å². The van der Waals surface area contributed by atoms with Gasteiger partial charge in [0.2, 0.25) is 0 Å². The number of hydrogen-bond donors (Lipinski definition) is 3. The SMILES string of the molecule is Cl.Nc1c(C(=O)NC2CNCCC2c2ccc(F)c(F)c2)cccc1[N+](=O)[O-]. The minimum absolute atomic E-state index is 0. The van der Waals surface area contributed by atoms with Crippen molar-refractivity contribution < 1.29 is 18.5 Å². The largest absolute Gasteiger partial charge is 0.393 e. The van der Waals surface area contributed by atoms with E-state index in [1.165, 1.54) is 24.3 Å². The highest BCUT2D eigenvalue weighted by Gasteiger charge is 2.30. The zero-order valence-electron chi connectivity index (χ0n) is 14.7. The standard InChI is InChI=1S/C18H18F2N4O3.ClH/c19-13-5-4-10(8-14(13)20)11-6-7-22-9-15(11)23-18(25)12-2-1-3-16(17(12)21)24(26)27;/h1-5,8,11,15,22H,6-7,9,21H2,(H,23,25);1H. The van der Waals surface area contributed by atoms with E-state index < -0.39 is 28.5 Å². The second-order valence-corrected chi connectivity index (χ2v) is 6.35. The average Bonchev–Trinajstić information content (AvgIpc) is 2.64. The smallest absolute Gasteiger partial charge is 0.292 e. The molecule has 0 aliphatic carbocycles. The molecular formula is C18H19ClF2N4O3. The summed E-state index contributed by atoms with van der Waals surface area (Å²) in [6, 6.07) is 7.29. The molecule has 2 atom stereocenters. The molecule has 1 saturated heterocycles. The van der Waals surface area contributed by atoms with Crippen molar-refractivity contribution in [2.24, 2.45) is 0 Å². The summed E-state index contributed by atoms with van der Waals surface area (Å²) < 4.78 is 26.8. The van der Waals surface area contributed by atoms with Crippen LogP contribution in [0.5, 0.6) is 0 Å². The highest BCUT2D eigenvalue weighted by atomic mass is 35.5. The van der Waals surface area contributed by atoms with E-state index in [1.807, 2.05) is 0 Å². The van der Waals surface area contributed by atoms with Gasteiger partial charge in [-0.05, 0) is 36.7 Å². The van der Waals surface area contributed by atoms with E-state index in [1.54, 1.807) is 0 Å². The van der Waals surface area contributed by atoms with E-state index in [4.69, 9.17) is 5.73 Å². The molecule has 2 aromatic rings. The molecule has 7 nitrogen and oxygen atoms in total. The Kier molecular flexibility index (Phi) is 6.87. The fraction of sp³-hybridized carbons (Fsp3) is 0.278. The van der Waals surface area contributed by atoms with Crippen molar-refractivity contribution in [1.82, 2.24) is 10.6 Å². The molecule has 3 rings (SSSR count). The number of rotatable bonds is 4. The number of piperidine rings is 1. The Labute approximate surface area is 165 Å². The average molecular weight is 413 g/mol. The summed E-state index contributed by atoms with van der Waals surface area (Å²) in [6.45, 7) is 1.08. The van der Waals surface area contributed by atoms with Crippen molar-refractivity contribution in [2.75, 3.05) is 18.8 Å². The summed E-state index contributed by atoms with van der Waals surface area (Å²) in [7, 11) is 0. The molecule has 28 heavy (non-hydrogen) atoms. The van der Waals surface area contributed by atoms with Crippen molar-refractivity contribution in [3.63, 3.8) is 0 Å². The molecule has 0 spiro atoms. The van der Waals surface area contributed by atoms with Crippen LogP contribution in [0.4, 0.5) is 20.2 Å². The molecule has 0 saturated carbocycles. The number of nitrogens with two attached hydrogens (primary N) is 1. The quantitative estimate of drug-likeness (QED) is 0.406. The predicted octanol–water partition coefficient (Wildman–Crippen LogP) is 2.75. The van der Waals surface area contributed by atoms with Gasteiger partial charge < -0.3 is 16.4 Å². The number of nitro groups is 1. The lowest BCUT2D eigenvalue weighted by Crippen LogP contribution is -2.50. The van der Waals surface area contributed by atoms with Crippen molar-refractivity contribution in [3.05, 3.63) is 69.3 Å². The van der Waals surface area contributed by atoms with Crippen molar-refractivity contribution in [1.29, 1.82) is 0 Å². The fourth-order valence-electron chi connectivity index (χ4n) is 3.31. The van der Waals surface area contributed by atoms with E-state index in [9.17, 15) is 23.7 Å². The lowest BCUT2D eigenvalue weighted by atomic mass is 9.85. The number of halogens is 3. The number of nitrogen functional groups attached to an aromatic ring is 1. The third-order valence-corrected chi connectivity index (χ3v) is 4.69. The van der Waals surface area contributed by atoms with Gasteiger partial charge >= 0.3 is 0 Å². The van der Waals surface area contributed by atoms with E-state index in [2.05, 4.69) is 10.6 Å². The lowest BCUT2D eigenvalue weighted by molar-refractivity contribution is -0.383. The van der Waals surface area contributed by atoms with Crippen LogP contribution in [0.1, 0.15) is 28.3 Å². The van der Waals surface area contributed by atoms with Crippen molar-refractivity contribution >= 4 is 29.7 Å². The number of amides is 1. The van der Waals surface area contributed by atoms with Gasteiger partial charge in [0.25, 0.3) is 11.6 Å². The van der Waals surface area contributed by atoms with Gasteiger partial charge in [0.05, 0.1) is 10.5 Å². The number of nitro benzene ring substituents is 1. The third-order valence-electron chi connectivity index (χ3n) is 4.69. The summed E-state index contributed by atoms with van der Waals surface area (Å²) in [6.07, 6.45) is 0.612.